The van der Waals surface area contributed by atoms with Crippen LogP contribution in [0.2, 0.25) is 0 Å². The van der Waals surface area contributed by atoms with Crippen LogP contribution in [0.1, 0.15) is 145 Å². The van der Waals surface area contributed by atoms with E-state index in [4.69, 9.17) is 16.0 Å². The predicted octanol–water partition coefficient (Wildman–Crippen LogP) is 7.32. The maximum atomic E-state index is 12.1. The molecule has 0 aromatic rings. The van der Waals surface area contributed by atoms with E-state index in [1.165, 1.54) is 6.42 Å². The van der Waals surface area contributed by atoms with Crippen LogP contribution in [0.25, 0.3) is 0 Å². The Morgan fingerprint density at radius 1 is 0.736 bits per heavy atom. The standard InChI is InChI=1S/C20H36N2O2.C20H32O4.CH4O3S/c1-11(2)12-6-7-13-16(17(12)22)14(21)10-15-19(13,3)8-5-9-20(15,4)18(23)24;1-18(12-16(21)22)10-7-14-13(11-18)5-6-15-19(14,2)8-4-9-20(15,3)17(23)24;1-5(2,3)4/h11-17H,5-10,21-22H2,1-4H3,(H,23,24);13-15H,4-12H2,1-3H3,(H,21,22)(H,23,24);1H3,(H,2,3,4). The van der Waals surface area contributed by atoms with E-state index >= 15 is 0 Å². The van der Waals surface area contributed by atoms with E-state index in [1.807, 2.05) is 13.8 Å². The zero-order valence-electron chi connectivity index (χ0n) is 33.8. The summed E-state index contributed by atoms with van der Waals surface area (Å²) in [5, 5.41) is 29.0. The van der Waals surface area contributed by atoms with Crippen LogP contribution >= 0.6 is 0 Å². The van der Waals surface area contributed by atoms with Crippen molar-refractivity contribution in [2.75, 3.05) is 6.26 Å². The van der Waals surface area contributed by atoms with Crippen LogP contribution in [0.4, 0.5) is 0 Å². The Balaban J connectivity index is 0.000000210. The van der Waals surface area contributed by atoms with Crippen molar-refractivity contribution in [3.8, 4) is 0 Å². The summed E-state index contributed by atoms with van der Waals surface area (Å²) in [7, 11) is -3.67. The lowest BCUT2D eigenvalue weighted by molar-refractivity contribution is -0.176. The summed E-state index contributed by atoms with van der Waals surface area (Å²) in [6, 6.07) is 0.205. The first-order chi connectivity index (χ1) is 24.2. The highest BCUT2D eigenvalue weighted by molar-refractivity contribution is 7.85. The third-order valence-corrected chi connectivity index (χ3v) is 16.5. The molecular formula is C41H72N2O9S. The smallest absolute Gasteiger partial charge is 0.309 e. The number of carboxylic acids is 3. The summed E-state index contributed by atoms with van der Waals surface area (Å²) >= 11 is 0. The Labute approximate surface area is 318 Å². The topological polar surface area (TPSA) is 218 Å². The minimum atomic E-state index is -3.67. The van der Waals surface area contributed by atoms with Crippen molar-refractivity contribution < 1.29 is 42.7 Å². The largest absolute Gasteiger partial charge is 0.481 e. The van der Waals surface area contributed by atoms with Crippen molar-refractivity contribution in [2.24, 2.45) is 85.9 Å². The van der Waals surface area contributed by atoms with Crippen molar-refractivity contribution in [1.29, 1.82) is 0 Å². The van der Waals surface area contributed by atoms with E-state index in [0.717, 1.165) is 83.5 Å². The van der Waals surface area contributed by atoms with Gasteiger partial charge in [-0.1, -0.05) is 47.5 Å². The van der Waals surface area contributed by atoms with Crippen LogP contribution in [0.15, 0.2) is 0 Å². The Kier molecular flexibility index (Phi) is 13.0. The van der Waals surface area contributed by atoms with Crippen LogP contribution in [0, 0.1) is 74.4 Å². The summed E-state index contributed by atoms with van der Waals surface area (Å²) in [5.74, 6) is 1.61. The fourth-order valence-corrected chi connectivity index (χ4v) is 14.0. The average molecular weight is 769 g/mol. The van der Waals surface area contributed by atoms with E-state index in [2.05, 4.69) is 34.6 Å². The molecule has 0 bridgehead atoms. The molecule has 6 aliphatic rings. The van der Waals surface area contributed by atoms with Gasteiger partial charge >= 0.3 is 17.9 Å². The molecule has 8 N–H and O–H groups in total. The third kappa shape index (κ3) is 8.65. The van der Waals surface area contributed by atoms with Gasteiger partial charge in [-0.15, -0.1) is 0 Å². The SMILES string of the molecule is CC(C)C1CCC2C(C(N)CC3C(C)(C(=O)O)CCCC23C)C1N.CC1(CC(=O)O)CCC2C(CCC3C(C)(C(=O)O)CCCC23C)C1.CS(=O)(=O)O. The molecule has 306 valence electrons. The first kappa shape index (κ1) is 44.0. The van der Waals surface area contributed by atoms with Gasteiger partial charge in [0.25, 0.3) is 10.1 Å². The summed E-state index contributed by atoms with van der Waals surface area (Å²) < 4.78 is 25.9. The van der Waals surface area contributed by atoms with Crippen LogP contribution in [-0.2, 0) is 24.5 Å². The van der Waals surface area contributed by atoms with Crippen molar-refractivity contribution in [1.82, 2.24) is 0 Å². The Morgan fingerprint density at radius 2 is 1.25 bits per heavy atom. The monoisotopic (exact) mass is 768 g/mol. The fraction of sp³-hybridized carbons (Fsp3) is 0.927. The molecule has 14 atom stereocenters. The normalized spacial score (nSPS) is 46.4. The molecule has 0 aliphatic heterocycles. The predicted molar refractivity (Wildman–Crippen MR) is 205 cm³/mol. The molecule has 6 saturated carbocycles. The number of carboxylic acid groups (broad SMARTS) is 3. The van der Waals surface area contributed by atoms with Gasteiger partial charge in [-0.3, -0.25) is 18.9 Å². The lowest BCUT2D eigenvalue weighted by atomic mass is 9.42. The second kappa shape index (κ2) is 15.6. The maximum absolute atomic E-state index is 12.1. The second-order valence-corrected chi connectivity index (χ2v) is 21.7. The maximum Gasteiger partial charge on any atom is 0.309 e. The number of aliphatic carboxylic acids is 3. The van der Waals surface area contributed by atoms with Gasteiger partial charge in [0.05, 0.1) is 23.5 Å². The number of hydrogen-bond acceptors (Lipinski definition) is 7. The summed E-state index contributed by atoms with van der Waals surface area (Å²) in [5.41, 5.74) is 12.3. The van der Waals surface area contributed by atoms with Gasteiger partial charge in [0.2, 0.25) is 0 Å². The van der Waals surface area contributed by atoms with E-state index in [-0.39, 0.29) is 46.6 Å². The lowest BCUT2D eigenvalue weighted by Crippen LogP contribution is -2.65. The van der Waals surface area contributed by atoms with Gasteiger partial charge in [0, 0.05) is 12.1 Å². The van der Waals surface area contributed by atoms with Gasteiger partial charge in [-0.25, -0.2) is 0 Å². The van der Waals surface area contributed by atoms with Gasteiger partial charge in [-0.05, 0) is 154 Å². The number of nitrogens with two attached hydrogens (primary N) is 2. The van der Waals surface area contributed by atoms with Gasteiger partial charge in [0.1, 0.15) is 0 Å². The van der Waals surface area contributed by atoms with Crippen LogP contribution in [-0.4, -0.2) is 64.5 Å². The zero-order valence-corrected chi connectivity index (χ0v) is 34.6. The molecule has 12 heteroatoms. The molecule has 0 aromatic heterocycles. The molecule has 0 spiro atoms. The van der Waals surface area contributed by atoms with Crippen LogP contribution < -0.4 is 11.5 Å². The molecule has 0 aromatic carbocycles. The third-order valence-electron chi connectivity index (χ3n) is 16.5. The molecule has 6 aliphatic carbocycles. The highest BCUT2D eigenvalue weighted by Gasteiger charge is 2.63. The van der Waals surface area contributed by atoms with Crippen molar-refractivity contribution >= 4 is 28.0 Å². The van der Waals surface area contributed by atoms with E-state index < -0.39 is 38.9 Å². The number of fused-ring (bicyclic) bond motifs is 6. The van der Waals surface area contributed by atoms with Crippen molar-refractivity contribution in [2.45, 2.75) is 157 Å². The molecule has 0 amide bonds. The Bertz CT molecular complexity index is 1460. The molecule has 53 heavy (non-hydrogen) atoms. The number of carbonyl (C=O) groups is 3. The van der Waals surface area contributed by atoms with E-state index in [9.17, 15) is 38.1 Å². The first-order valence-electron chi connectivity index (χ1n) is 20.4. The minimum Gasteiger partial charge on any atom is -0.481 e. The van der Waals surface area contributed by atoms with Gasteiger partial charge < -0.3 is 26.8 Å². The highest BCUT2D eigenvalue weighted by atomic mass is 32.2. The first-order valence-corrected chi connectivity index (χ1v) is 22.2. The lowest BCUT2D eigenvalue weighted by Gasteiger charge is -2.63. The molecule has 6 rings (SSSR count). The number of hydrogen-bond donors (Lipinski definition) is 6. The van der Waals surface area contributed by atoms with Crippen molar-refractivity contribution in [3.05, 3.63) is 0 Å². The summed E-state index contributed by atoms with van der Waals surface area (Å²) in [4.78, 5) is 35.3. The molecule has 14 unspecified atom stereocenters. The Morgan fingerprint density at radius 3 is 1.74 bits per heavy atom. The quantitative estimate of drug-likeness (QED) is 0.152. The van der Waals surface area contributed by atoms with E-state index in [0.29, 0.717) is 41.8 Å². The molecule has 6 fully saturated rings. The molecule has 0 radical (unpaired) electrons. The average Bonchev–Trinajstić information content (AvgIpc) is 3.00. The van der Waals surface area contributed by atoms with Gasteiger partial charge in [0.15, 0.2) is 0 Å². The highest BCUT2D eigenvalue weighted by Crippen LogP contribution is 2.66. The molecular weight excluding hydrogens is 697 g/mol. The van der Waals surface area contributed by atoms with Crippen LogP contribution in [0.5, 0.6) is 0 Å². The molecule has 0 heterocycles. The summed E-state index contributed by atoms with van der Waals surface area (Å²) in [6.45, 7) is 15.3. The van der Waals surface area contributed by atoms with Gasteiger partial charge in [-0.2, -0.15) is 8.42 Å². The summed E-state index contributed by atoms with van der Waals surface area (Å²) in [6.07, 6.45) is 15.1. The minimum absolute atomic E-state index is 0.0430. The second-order valence-electron chi connectivity index (χ2n) is 20.2. The zero-order chi connectivity index (χ0) is 40.1. The van der Waals surface area contributed by atoms with Crippen molar-refractivity contribution in [3.63, 3.8) is 0 Å². The molecule has 0 saturated heterocycles. The Hall–Kier alpha value is -1.76. The van der Waals surface area contributed by atoms with E-state index in [1.54, 1.807) is 0 Å². The van der Waals surface area contributed by atoms with Crippen LogP contribution in [0.3, 0.4) is 0 Å². The number of rotatable bonds is 5. The fourth-order valence-electron chi connectivity index (χ4n) is 14.0. The molecule has 11 nitrogen and oxygen atoms in total.